The van der Waals surface area contributed by atoms with Crippen molar-refractivity contribution in [2.45, 2.75) is 6.42 Å². The molecule has 0 fully saturated rings. The molecule has 0 bridgehead atoms. The first-order valence-electron chi connectivity index (χ1n) is 4.43. The van der Waals surface area contributed by atoms with Crippen LogP contribution in [0, 0.1) is 6.67 Å². The number of nitrogens with one attached hydrogen (secondary N) is 1. The lowest BCUT2D eigenvalue weighted by atomic mass is 10.2. The molecular formula is C10H12ClN2. The number of benzene rings is 1. The molecule has 1 heterocycles. The molecule has 1 N–H and O–H groups in total. The maximum absolute atomic E-state index is 5.65. The van der Waals surface area contributed by atoms with E-state index in [0.717, 1.165) is 13.0 Å². The molecule has 1 aromatic rings. The van der Waals surface area contributed by atoms with Crippen molar-refractivity contribution < 1.29 is 0 Å². The zero-order chi connectivity index (χ0) is 9.10. The van der Waals surface area contributed by atoms with Crippen LogP contribution in [0.15, 0.2) is 24.3 Å². The number of anilines is 2. The van der Waals surface area contributed by atoms with E-state index in [-0.39, 0.29) is 0 Å². The van der Waals surface area contributed by atoms with E-state index in [1.807, 2.05) is 18.8 Å². The first-order valence-corrected chi connectivity index (χ1v) is 4.97. The molecule has 2 nitrogen and oxygen atoms in total. The molecule has 0 unspecified atom stereocenters. The fourth-order valence-corrected chi connectivity index (χ4v) is 1.60. The first kappa shape index (κ1) is 8.70. The summed E-state index contributed by atoms with van der Waals surface area (Å²) in [5.41, 5.74) is 2.42. The molecule has 69 valence electrons. The van der Waals surface area contributed by atoms with Crippen LogP contribution in [-0.2, 0) is 0 Å². The van der Waals surface area contributed by atoms with Crippen LogP contribution in [0.4, 0.5) is 11.4 Å². The van der Waals surface area contributed by atoms with Crippen LogP contribution in [0.25, 0.3) is 0 Å². The summed E-state index contributed by atoms with van der Waals surface area (Å²) in [7, 11) is 0. The summed E-state index contributed by atoms with van der Waals surface area (Å²) >= 11 is 5.65. The van der Waals surface area contributed by atoms with E-state index in [9.17, 15) is 0 Å². The average molecular weight is 196 g/mol. The van der Waals surface area contributed by atoms with Crippen LogP contribution in [0.5, 0.6) is 0 Å². The van der Waals surface area contributed by atoms with Crippen molar-refractivity contribution in [1.29, 1.82) is 0 Å². The maximum atomic E-state index is 5.65. The second-order valence-electron chi connectivity index (χ2n) is 3.03. The van der Waals surface area contributed by atoms with E-state index in [1.165, 1.54) is 11.4 Å². The Morgan fingerprint density at radius 1 is 1.31 bits per heavy atom. The fraction of sp³-hybridized carbons (Fsp3) is 0.300. The number of nitrogens with zero attached hydrogens (tertiary/aromatic N) is 1. The molecule has 1 aromatic carbocycles. The van der Waals surface area contributed by atoms with Crippen molar-refractivity contribution in [3.05, 3.63) is 30.9 Å². The van der Waals surface area contributed by atoms with Gasteiger partial charge in [-0.05, 0) is 18.6 Å². The minimum atomic E-state index is 0.715. The van der Waals surface area contributed by atoms with E-state index in [1.54, 1.807) is 0 Å². The van der Waals surface area contributed by atoms with Gasteiger partial charge in [0, 0.05) is 12.4 Å². The highest BCUT2D eigenvalue weighted by Gasteiger charge is 2.16. The molecule has 0 saturated carbocycles. The van der Waals surface area contributed by atoms with Gasteiger partial charge in [0.2, 0.25) is 0 Å². The smallest absolute Gasteiger partial charge is 0.139 e. The predicted molar refractivity (Wildman–Crippen MR) is 57.0 cm³/mol. The molecule has 13 heavy (non-hydrogen) atoms. The second kappa shape index (κ2) is 3.88. The van der Waals surface area contributed by atoms with Crippen molar-refractivity contribution >= 4 is 23.0 Å². The molecule has 0 saturated heterocycles. The SMILES string of the molecule is ClCCCN1[CH]Nc2ccccc21. The van der Waals surface area contributed by atoms with Crippen LogP contribution in [0.1, 0.15) is 6.42 Å². The minimum absolute atomic E-state index is 0.715. The summed E-state index contributed by atoms with van der Waals surface area (Å²) in [5, 5.41) is 3.22. The normalized spacial score (nSPS) is 14.1. The van der Waals surface area contributed by atoms with Gasteiger partial charge in [-0.25, -0.2) is 0 Å². The van der Waals surface area contributed by atoms with Crippen molar-refractivity contribution in [3.8, 4) is 0 Å². The van der Waals surface area contributed by atoms with Crippen LogP contribution in [0.3, 0.4) is 0 Å². The van der Waals surface area contributed by atoms with Gasteiger partial charge < -0.3 is 10.2 Å². The van der Waals surface area contributed by atoms with Gasteiger partial charge in [-0.15, -0.1) is 11.6 Å². The Balaban J connectivity index is 2.09. The third-order valence-corrected chi connectivity index (χ3v) is 2.39. The highest BCUT2D eigenvalue weighted by atomic mass is 35.5. The second-order valence-corrected chi connectivity index (χ2v) is 3.40. The summed E-state index contributed by atoms with van der Waals surface area (Å²) < 4.78 is 0. The number of alkyl halides is 1. The molecule has 1 radical (unpaired) electrons. The van der Waals surface area contributed by atoms with Gasteiger partial charge in [0.1, 0.15) is 6.67 Å². The van der Waals surface area contributed by atoms with Gasteiger partial charge >= 0.3 is 0 Å². The quantitative estimate of drug-likeness (QED) is 0.747. The Kier molecular flexibility index (Phi) is 2.60. The van der Waals surface area contributed by atoms with E-state index in [2.05, 4.69) is 22.3 Å². The summed E-state index contributed by atoms with van der Waals surface area (Å²) in [6.07, 6.45) is 1.01. The molecule has 3 heteroatoms. The van der Waals surface area contributed by atoms with Crippen LogP contribution >= 0.6 is 11.6 Å². The Hall–Kier alpha value is -0.890. The summed E-state index contributed by atoms with van der Waals surface area (Å²) in [6, 6.07) is 8.27. The van der Waals surface area contributed by atoms with Gasteiger partial charge in [-0.3, -0.25) is 0 Å². The first-order chi connectivity index (χ1) is 6.42. The fourth-order valence-electron chi connectivity index (χ4n) is 1.48. The topological polar surface area (TPSA) is 15.3 Å². The van der Waals surface area contributed by atoms with Gasteiger partial charge in [-0.1, -0.05) is 12.1 Å². The molecule has 0 aromatic heterocycles. The van der Waals surface area contributed by atoms with E-state index in [0.29, 0.717) is 5.88 Å². The Morgan fingerprint density at radius 3 is 3.00 bits per heavy atom. The maximum Gasteiger partial charge on any atom is 0.139 e. The van der Waals surface area contributed by atoms with E-state index >= 15 is 0 Å². The zero-order valence-electron chi connectivity index (χ0n) is 7.33. The molecule has 0 amide bonds. The van der Waals surface area contributed by atoms with E-state index < -0.39 is 0 Å². The standard InChI is InChI=1S/C10H12ClN2/c11-6-3-7-13-8-12-9-4-1-2-5-10(9)13/h1-2,4-5,8,12H,3,6-7H2. The van der Waals surface area contributed by atoms with Gasteiger partial charge in [0.05, 0.1) is 11.4 Å². The third kappa shape index (κ3) is 1.73. The average Bonchev–Trinajstić information content (AvgIpc) is 2.58. The number of para-hydroxylation sites is 2. The Labute approximate surface area is 83.5 Å². The molecule has 0 aliphatic carbocycles. The van der Waals surface area contributed by atoms with Crippen LogP contribution < -0.4 is 10.2 Å². The largest absolute Gasteiger partial charge is 0.360 e. The summed E-state index contributed by atoms with van der Waals surface area (Å²) in [5.74, 6) is 0.715. The number of rotatable bonds is 3. The highest BCUT2D eigenvalue weighted by molar-refractivity contribution is 6.17. The van der Waals surface area contributed by atoms with Crippen molar-refractivity contribution in [3.63, 3.8) is 0 Å². The number of halogens is 1. The minimum Gasteiger partial charge on any atom is -0.360 e. The molecule has 1 aliphatic heterocycles. The lowest BCUT2D eigenvalue weighted by molar-refractivity contribution is 0.869. The summed E-state index contributed by atoms with van der Waals surface area (Å²) in [4.78, 5) is 2.19. The highest BCUT2D eigenvalue weighted by Crippen LogP contribution is 2.32. The van der Waals surface area contributed by atoms with Crippen LogP contribution in [0.2, 0.25) is 0 Å². The summed E-state index contributed by atoms with van der Waals surface area (Å²) in [6.45, 7) is 2.98. The van der Waals surface area contributed by atoms with Gasteiger partial charge in [0.15, 0.2) is 0 Å². The van der Waals surface area contributed by atoms with Crippen LogP contribution in [-0.4, -0.2) is 12.4 Å². The van der Waals surface area contributed by atoms with Gasteiger partial charge in [-0.2, -0.15) is 0 Å². The molecule has 2 rings (SSSR count). The molecule has 0 atom stereocenters. The predicted octanol–water partition coefficient (Wildman–Crippen LogP) is 2.67. The molecular weight excluding hydrogens is 184 g/mol. The number of hydrogen-bond acceptors (Lipinski definition) is 2. The Morgan fingerprint density at radius 2 is 2.15 bits per heavy atom. The van der Waals surface area contributed by atoms with Crippen molar-refractivity contribution in [2.24, 2.45) is 0 Å². The number of fused-ring (bicyclic) bond motifs is 1. The van der Waals surface area contributed by atoms with Crippen molar-refractivity contribution in [2.75, 3.05) is 22.6 Å². The third-order valence-electron chi connectivity index (χ3n) is 2.12. The van der Waals surface area contributed by atoms with Gasteiger partial charge in [0.25, 0.3) is 0 Å². The molecule has 1 aliphatic rings. The molecule has 0 spiro atoms. The Bertz CT molecular complexity index is 288. The lowest BCUT2D eigenvalue weighted by Gasteiger charge is -2.15. The monoisotopic (exact) mass is 195 g/mol. The zero-order valence-corrected chi connectivity index (χ0v) is 8.09. The number of hydrogen-bond donors (Lipinski definition) is 1. The van der Waals surface area contributed by atoms with Crippen molar-refractivity contribution in [1.82, 2.24) is 0 Å². The van der Waals surface area contributed by atoms with E-state index in [4.69, 9.17) is 11.6 Å². The lowest BCUT2D eigenvalue weighted by Crippen LogP contribution is -2.19.